The van der Waals surface area contributed by atoms with E-state index in [-0.39, 0.29) is 0 Å². The van der Waals surface area contributed by atoms with E-state index in [1.54, 1.807) is 18.5 Å². The monoisotopic (exact) mass is 122 g/mol. The van der Waals surface area contributed by atoms with E-state index in [0.29, 0.717) is 0 Å². The first-order valence-corrected chi connectivity index (χ1v) is 2.69. The Balaban J connectivity index is 3.27. The van der Waals surface area contributed by atoms with Crippen LogP contribution < -0.4 is 5.32 Å². The molecule has 0 aliphatic rings. The Labute approximate surface area is 55.7 Å². The summed E-state index contributed by atoms with van der Waals surface area (Å²) in [6, 6.07) is 0. The molecule has 0 bridgehead atoms. The summed E-state index contributed by atoms with van der Waals surface area (Å²) in [7, 11) is 1.86. The fourth-order valence-corrected chi connectivity index (χ4v) is 0.291. The number of hydrogen-bond acceptors (Lipinski definition) is 2. The van der Waals surface area contributed by atoms with Gasteiger partial charge in [0.25, 0.3) is 0 Å². The summed E-state index contributed by atoms with van der Waals surface area (Å²) < 4.78 is 0. The molecule has 0 aromatic carbocycles. The summed E-state index contributed by atoms with van der Waals surface area (Å²) in [6.07, 6.45) is 9.79. The predicted molar refractivity (Wildman–Crippen MR) is 40.4 cm³/mol. The molecule has 0 amide bonds. The van der Waals surface area contributed by atoms with Crippen molar-refractivity contribution >= 4 is 6.21 Å². The van der Waals surface area contributed by atoms with E-state index in [1.807, 2.05) is 7.05 Å². The van der Waals surface area contributed by atoms with Crippen LogP contribution in [0.4, 0.5) is 0 Å². The fourth-order valence-electron chi connectivity index (χ4n) is 0.291. The zero-order valence-electron chi connectivity index (χ0n) is 5.46. The van der Waals surface area contributed by atoms with Gasteiger partial charge in [0.05, 0.1) is 0 Å². The topological polar surface area (TPSA) is 24.4 Å². The maximum atomic E-state index is 4.92. The van der Waals surface area contributed by atoms with Crippen molar-refractivity contribution in [3.63, 3.8) is 0 Å². The van der Waals surface area contributed by atoms with Crippen molar-refractivity contribution in [3.05, 3.63) is 12.3 Å². The van der Waals surface area contributed by atoms with Crippen LogP contribution in [-0.4, -0.2) is 19.8 Å². The third-order valence-electron chi connectivity index (χ3n) is 0.658. The van der Waals surface area contributed by atoms with E-state index < -0.39 is 0 Å². The van der Waals surface area contributed by atoms with Gasteiger partial charge in [-0.3, -0.25) is 4.99 Å². The van der Waals surface area contributed by atoms with Gasteiger partial charge < -0.3 is 5.32 Å². The predicted octanol–water partition coefficient (Wildman–Crippen LogP) is 0.423. The van der Waals surface area contributed by atoms with Crippen molar-refractivity contribution < 1.29 is 0 Å². The van der Waals surface area contributed by atoms with Gasteiger partial charge in [-0.15, -0.1) is 6.42 Å². The number of nitrogens with zero attached hydrogens (tertiary/aromatic N) is 1. The Kier molecular flexibility index (Phi) is 6.11. The molecule has 0 saturated heterocycles. The molecule has 0 unspecified atom stereocenters. The number of nitrogens with one attached hydrogen (secondary N) is 1. The lowest BCUT2D eigenvalue weighted by Crippen LogP contribution is -2.07. The summed E-state index contributed by atoms with van der Waals surface area (Å²) in [5.74, 6) is 2.33. The number of allylic oxidation sites excluding steroid dienone is 1. The van der Waals surface area contributed by atoms with E-state index in [0.717, 1.165) is 6.54 Å². The minimum atomic E-state index is 0.773. The highest BCUT2D eigenvalue weighted by atomic mass is 14.8. The van der Waals surface area contributed by atoms with Crippen molar-refractivity contribution in [2.24, 2.45) is 4.99 Å². The SMILES string of the molecule is C#C/C=C\N=CCNC. The van der Waals surface area contributed by atoms with E-state index in [2.05, 4.69) is 16.2 Å². The van der Waals surface area contributed by atoms with Crippen LogP contribution in [0.25, 0.3) is 0 Å². The molecular formula is C7H10N2. The molecule has 9 heavy (non-hydrogen) atoms. The number of rotatable bonds is 3. The van der Waals surface area contributed by atoms with Crippen molar-refractivity contribution in [3.8, 4) is 12.3 Å². The van der Waals surface area contributed by atoms with Crippen LogP contribution in [0, 0.1) is 12.3 Å². The summed E-state index contributed by atoms with van der Waals surface area (Å²) >= 11 is 0. The van der Waals surface area contributed by atoms with Crippen molar-refractivity contribution in [1.82, 2.24) is 5.32 Å². The van der Waals surface area contributed by atoms with Crippen molar-refractivity contribution in [2.75, 3.05) is 13.6 Å². The average Bonchev–Trinajstić information content (AvgIpc) is 1.89. The zero-order chi connectivity index (χ0) is 6.95. The fraction of sp³-hybridized carbons (Fsp3) is 0.286. The highest BCUT2D eigenvalue weighted by Crippen LogP contribution is 1.68. The molecule has 0 atom stereocenters. The Morgan fingerprint density at radius 3 is 3.11 bits per heavy atom. The molecule has 0 spiro atoms. The Hall–Kier alpha value is -1.07. The first-order chi connectivity index (χ1) is 4.41. The van der Waals surface area contributed by atoms with Crippen LogP contribution in [0.15, 0.2) is 17.3 Å². The molecule has 0 heterocycles. The molecule has 0 aromatic heterocycles. The Morgan fingerprint density at radius 1 is 1.78 bits per heavy atom. The quantitative estimate of drug-likeness (QED) is 0.426. The molecule has 2 nitrogen and oxygen atoms in total. The van der Waals surface area contributed by atoms with E-state index in [1.165, 1.54) is 0 Å². The van der Waals surface area contributed by atoms with Crippen molar-refractivity contribution in [1.29, 1.82) is 0 Å². The zero-order valence-corrected chi connectivity index (χ0v) is 5.46. The molecule has 0 aliphatic heterocycles. The van der Waals surface area contributed by atoms with Gasteiger partial charge in [0, 0.05) is 25.0 Å². The second kappa shape index (κ2) is 6.93. The van der Waals surface area contributed by atoms with Gasteiger partial charge >= 0.3 is 0 Å². The third kappa shape index (κ3) is 6.93. The smallest absolute Gasteiger partial charge is 0.0347 e. The van der Waals surface area contributed by atoms with Crippen LogP contribution in [0.1, 0.15) is 0 Å². The lowest BCUT2D eigenvalue weighted by Gasteiger charge is -1.82. The van der Waals surface area contributed by atoms with E-state index in [4.69, 9.17) is 6.42 Å². The second-order valence-corrected chi connectivity index (χ2v) is 1.37. The van der Waals surface area contributed by atoms with Gasteiger partial charge in [0.15, 0.2) is 0 Å². The molecule has 0 radical (unpaired) electrons. The molecular weight excluding hydrogens is 112 g/mol. The van der Waals surface area contributed by atoms with Crippen LogP contribution in [0.3, 0.4) is 0 Å². The van der Waals surface area contributed by atoms with Gasteiger partial charge in [-0.2, -0.15) is 0 Å². The van der Waals surface area contributed by atoms with Crippen molar-refractivity contribution in [2.45, 2.75) is 0 Å². The van der Waals surface area contributed by atoms with Gasteiger partial charge in [0.1, 0.15) is 0 Å². The summed E-state index contributed by atoms with van der Waals surface area (Å²) in [5.41, 5.74) is 0. The van der Waals surface area contributed by atoms with E-state index in [9.17, 15) is 0 Å². The highest BCUT2D eigenvalue weighted by Gasteiger charge is 1.65. The lowest BCUT2D eigenvalue weighted by molar-refractivity contribution is 0.957. The maximum absolute atomic E-state index is 4.92. The molecule has 0 aromatic rings. The minimum absolute atomic E-state index is 0.773. The normalized spacial score (nSPS) is 10.7. The van der Waals surface area contributed by atoms with Gasteiger partial charge in [-0.25, -0.2) is 0 Å². The van der Waals surface area contributed by atoms with Gasteiger partial charge in [0.2, 0.25) is 0 Å². The highest BCUT2D eigenvalue weighted by molar-refractivity contribution is 5.60. The van der Waals surface area contributed by atoms with Crippen LogP contribution in [0.2, 0.25) is 0 Å². The number of hydrogen-bond donors (Lipinski definition) is 1. The Bertz CT molecular complexity index is 139. The summed E-state index contributed by atoms with van der Waals surface area (Å²) in [5, 5.41) is 2.91. The molecule has 0 aliphatic carbocycles. The van der Waals surface area contributed by atoms with Crippen LogP contribution in [0.5, 0.6) is 0 Å². The van der Waals surface area contributed by atoms with Crippen LogP contribution >= 0.6 is 0 Å². The van der Waals surface area contributed by atoms with Gasteiger partial charge in [-0.05, 0) is 7.05 Å². The lowest BCUT2D eigenvalue weighted by atomic mass is 10.6. The molecule has 0 rings (SSSR count). The van der Waals surface area contributed by atoms with Crippen LogP contribution in [-0.2, 0) is 0 Å². The number of terminal acetylenes is 1. The minimum Gasteiger partial charge on any atom is -0.315 e. The standard InChI is InChI=1S/C7H10N2/c1-3-4-5-9-7-6-8-2/h1,4-5,7-8H,6H2,2H3/b5-4-,9-7?. The molecule has 2 heteroatoms. The molecule has 48 valence electrons. The Morgan fingerprint density at radius 2 is 2.56 bits per heavy atom. The summed E-state index contributed by atoms with van der Waals surface area (Å²) in [4.78, 5) is 3.84. The van der Waals surface area contributed by atoms with Gasteiger partial charge in [-0.1, -0.05) is 5.92 Å². The third-order valence-corrected chi connectivity index (χ3v) is 0.658. The first-order valence-electron chi connectivity index (χ1n) is 2.69. The second-order valence-electron chi connectivity index (χ2n) is 1.37. The summed E-state index contributed by atoms with van der Waals surface area (Å²) in [6.45, 7) is 0.773. The molecule has 1 N–H and O–H groups in total. The number of aliphatic imine (C=N–C) groups is 1. The maximum Gasteiger partial charge on any atom is 0.0347 e. The average molecular weight is 122 g/mol. The molecule has 0 saturated carbocycles. The van der Waals surface area contributed by atoms with E-state index >= 15 is 0 Å². The largest absolute Gasteiger partial charge is 0.315 e. The molecule has 0 fully saturated rings. The first kappa shape index (κ1) is 7.93.